The van der Waals surface area contributed by atoms with Crippen molar-refractivity contribution in [2.24, 2.45) is 5.92 Å². The van der Waals surface area contributed by atoms with Crippen molar-refractivity contribution in [3.05, 3.63) is 70.9 Å². The second kappa shape index (κ2) is 10.4. The molecule has 1 atom stereocenters. The molecule has 1 aliphatic rings. The van der Waals surface area contributed by atoms with Crippen LogP contribution in [-0.2, 0) is 9.59 Å². The van der Waals surface area contributed by atoms with Crippen molar-refractivity contribution in [3.63, 3.8) is 0 Å². The molecule has 0 bridgehead atoms. The molecule has 4 rings (SSSR count). The highest BCUT2D eigenvalue weighted by Crippen LogP contribution is 2.42. The zero-order valence-electron chi connectivity index (χ0n) is 20.9. The average Bonchev–Trinajstić information content (AvgIpc) is 3.37. The van der Waals surface area contributed by atoms with E-state index in [1.807, 2.05) is 49.5 Å². The number of likely N-dealkylation sites (tertiary alicyclic amines) is 1. The van der Waals surface area contributed by atoms with E-state index in [1.54, 1.807) is 11.0 Å². The lowest BCUT2D eigenvalue weighted by Crippen LogP contribution is -2.30. The highest BCUT2D eigenvalue weighted by molar-refractivity contribution is 6.46. The molecule has 3 aromatic rings. The van der Waals surface area contributed by atoms with Crippen LogP contribution >= 0.6 is 0 Å². The average molecular weight is 475 g/mol. The molecular weight excluding hydrogens is 440 g/mol. The van der Waals surface area contributed by atoms with E-state index < -0.39 is 17.7 Å². The molecule has 6 heteroatoms. The third-order valence-electron chi connectivity index (χ3n) is 6.48. The molecule has 0 radical (unpaired) electrons. The first-order valence-corrected chi connectivity index (χ1v) is 12.4. The molecule has 1 saturated heterocycles. The fraction of sp³-hybridized carbons (Fsp3) is 0.379. The minimum Gasteiger partial charge on any atom is -0.507 e. The van der Waals surface area contributed by atoms with Crippen molar-refractivity contribution >= 4 is 28.4 Å². The number of aromatic amines is 1. The number of para-hydroxylation sites is 1. The summed E-state index contributed by atoms with van der Waals surface area (Å²) in [5.41, 5.74) is 3.22. The van der Waals surface area contributed by atoms with E-state index in [9.17, 15) is 14.7 Å². The Kier molecular flexibility index (Phi) is 7.29. The number of fused-ring (bicyclic) bond motifs is 1. The number of aliphatic hydroxyl groups excluding tert-OH is 1. The van der Waals surface area contributed by atoms with Gasteiger partial charge >= 0.3 is 0 Å². The van der Waals surface area contributed by atoms with Crippen LogP contribution in [0.15, 0.2) is 54.2 Å². The number of carbonyl (C=O) groups excluding carboxylic acids is 2. The molecular formula is C29H34N2O4. The second-order valence-corrected chi connectivity index (χ2v) is 9.67. The number of hydrogen-bond donors (Lipinski definition) is 2. The largest absolute Gasteiger partial charge is 0.507 e. The van der Waals surface area contributed by atoms with E-state index in [2.05, 4.69) is 25.8 Å². The highest BCUT2D eigenvalue weighted by atomic mass is 16.5. The number of unbranched alkanes of at least 4 members (excludes halogenated alkanes) is 2. The van der Waals surface area contributed by atoms with Crippen LogP contribution in [0.4, 0.5) is 0 Å². The number of ether oxygens (including phenoxy) is 1. The molecule has 0 saturated carbocycles. The minimum absolute atomic E-state index is 0.131. The van der Waals surface area contributed by atoms with Crippen LogP contribution < -0.4 is 4.74 Å². The van der Waals surface area contributed by atoms with Gasteiger partial charge in [0.2, 0.25) is 0 Å². The first-order valence-electron chi connectivity index (χ1n) is 12.4. The Morgan fingerprint density at radius 3 is 2.63 bits per heavy atom. The van der Waals surface area contributed by atoms with Crippen molar-refractivity contribution in [3.8, 4) is 5.75 Å². The minimum atomic E-state index is -0.653. The summed E-state index contributed by atoms with van der Waals surface area (Å²) < 4.78 is 5.87. The van der Waals surface area contributed by atoms with E-state index in [-0.39, 0.29) is 11.3 Å². The van der Waals surface area contributed by atoms with Crippen LogP contribution in [0, 0.1) is 12.8 Å². The number of amides is 1. The number of hydrogen-bond acceptors (Lipinski definition) is 4. The van der Waals surface area contributed by atoms with Crippen LogP contribution in [0.3, 0.4) is 0 Å². The number of aliphatic hydroxyl groups is 1. The molecule has 1 unspecified atom stereocenters. The second-order valence-electron chi connectivity index (χ2n) is 9.67. The van der Waals surface area contributed by atoms with Crippen molar-refractivity contribution in [1.29, 1.82) is 0 Å². The predicted molar refractivity (Wildman–Crippen MR) is 138 cm³/mol. The first-order chi connectivity index (χ1) is 16.8. The third-order valence-corrected chi connectivity index (χ3v) is 6.48. The van der Waals surface area contributed by atoms with Gasteiger partial charge in [-0.25, -0.2) is 0 Å². The number of carbonyl (C=O) groups is 2. The van der Waals surface area contributed by atoms with Gasteiger partial charge in [-0.15, -0.1) is 0 Å². The van der Waals surface area contributed by atoms with Gasteiger partial charge in [0.05, 0.1) is 18.2 Å². The third kappa shape index (κ3) is 4.83. The van der Waals surface area contributed by atoms with Gasteiger partial charge in [-0.3, -0.25) is 9.59 Å². The van der Waals surface area contributed by atoms with Gasteiger partial charge in [-0.1, -0.05) is 51.8 Å². The van der Waals surface area contributed by atoms with Crippen molar-refractivity contribution in [1.82, 2.24) is 9.88 Å². The number of rotatable bonds is 9. The van der Waals surface area contributed by atoms with Crippen molar-refractivity contribution in [2.75, 3.05) is 13.2 Å². The van der Waals surface area contributed by atoms with Gasteiger partial charge in [0.25, 0.3) is 11.7 Å². The Labute approximate surface area is 206 Å². The Hall–Kier alpha value is -3.54. The summed E-state index contributed by atoms with van der Waals surface area (Å²) in [7, 11) is 0. The van der Waals surface area contributed by atoms with Crippen LogP contribution in [0.5, 0.6) is 5.75 Å². The van der Waals surface area contributed by atoms with Crippen LogP contribution in [0.25, 0.3) is 16.7 Å². The number of ketones is 1. The molecule has 0 spiro atoms. The summed E-state index contributed by atoms with van der Waals surface area (Å²) in [5.74, 6) is -0.237. The van der Waals surface area contributed by atoms with E-state index in [0.29, 0.717) is 24.6 Å². The van der Waals surface area contributed by atoms with Gasteiger partial charge in [-0.2, -0.15) is 0 Å². The number of aromatic nitrogens is 1. The summed E-state index contributed by atoms with van der Waals surface area (Å²) in [6.45, 7) is 9.23. The Balaban J connectivity index is 1.80. The number of aryl methyl sites for hydroxylation is 1. The van der Waals surface area contributed by atoms with Crippen LogP contribution in [0.1, 0.15) is 62.8 Å². The molecule has 1 aromatic heterocycles. The van der Waals surface area contributed by atoms with Crippen LogP contribution in [0.2, 0.25) is 0 Å². The molecule has 1 fully saturated rings. The SMILES string of the molecule is CCCCCN1C(=O)C(=O)/C(=C(/O)c2ccc(OCC(C)C)c(C)c2)C1c1c[nH]c2ccccc12. The molecule has 1 amide bonds. The zero-order chi connectivity index (χ0) is 25.1. The van der Waals surface area contributed by atoms with Gasteiger partial charge in [0.15, 0.2) is 0 Å². The summed E-state index contributed by atoms with van der Waals surface area (Å²) in [6.07, 6.45) is 4.60. The first kappa shape index (κ1) is 24.6. The normalized spacial score (nSPS) is 17.6. The maximum Gasteiger partial charge on any atom is 0.295 e. The summed E-state index contributed by atoms with van der Waals surface area (Å²) in [4.78, 5) is 31.3. The maximum atomic E-state index is 13.3. The Morgan fingerprint density at radius 1 is 1.14 bits per heavy atom. The fourth-order valence-corrected chi connectivity index (χ4v) is 4.66. The van der Waals surface area contributed by atoms with E-state index in [1.165, 1.54) is 0 Å². The Morgan fingerprint density at radius 2 is 1.91 bits per heavy atom. The van der Waals surface area contributed by atoms with E-state index >= 15 is 0 Å². The Bertz CT molecular complexity index is 1270. The lowest BCUT2D eigenvalue weighted by atomic mass is 9.94. The van der Waals surface area contributed by atoms with Gasteiger partial charge in [-0.05, 0) is 49.1 Å². The fourth-order valence-electron chi connectivity index (χ4n) is 4.66. The quantitative estimate of drug-likeness (QED) is 0.169. The topological polar surface area (TPSA) is 82.6 Å². The number of H-pyrrole nitrogens is 1. The molecule has 1 aliphatic heterocycles. The molecule has 6 nitrogen and oxygen atoms in total. The predicted octanol–water partition coefficient (Wildman–Crippen LogP) is 6.12. The highest BCUT2D eigenvalue weighted by Gasteiger charge is 2.46. The molecule has 2 N–H and O–H groups in total. The molecule has 184 valence electrons. The van der Waals surface area contributed by atoms with E-state index in [4.69, 9.17) is 4.74 Å². The summed E-state index contributed by atoms with van der Waals surface area (Å²) >= 11 is 0. The molecule has 35 heavy (non-hydrogen) atoms. The lowest BCUT2D eigenvalue weighted by molar-refractivity contribution is -0.139. The van der Waals surface area contributed by atoms with E-state index in [0.717, 1.165) is 47.0 Å². The summed E-state index contributed by atoms with van der Waals surface area (Å²) in [6, 6.07) is 12.5. The van der Waals surface area contributed by atoms with Crippen LogP contribution in [-0.4, -0.2) is 39.8 Å². The van der Waals surface area contributed by atoms with Crippen molar-refractivity contribution < 1.29 is 19.4 Å². The number of benzene rings is 2. The number of Topliss-reactive ketones (excluding diaryl/α,β-unsaturated/α-hetero) is 1. The van der Waals surface area contributed by atoms with Gasteiger partial charge in [0.1, 0.15) is 11.5 Å². The van der Waals surface area contributed by atoms with Gasteiger partial charge < -0.3 is 19.7 Å². The monoisotopic (exact) mass is 474 g/mol. The molecule has 0 aliphatic carbocycles. The van der Waals surface area contributed by atoms with Gasteiger partial charge in [0, 0.05) is 34.8 Å². The zero-order valence-corrected chi connectivity index (χ0v) is 20.9. The lowest BCUT2D eigenvalue weighted by Gasteiger charge is -2.25. The summed E-state index contributed by atoms with van der Waals surface area (Å²) in [5, 5.41) is 12.3. The molecule has 2 heterocycles. The number of nitrogens with zero attached hydrogens (tertiary/aromatic N) is 1. The molecule has 2 aromatic carbocycles. The number of nitrogens with one attached hydrogen (secondary N) is 1. The van der Waals surface area contributed by atoms with Crippen molar-refractivity contribution in [2.45, 2.75) is 53.0 Å². The smallest absolute Gasteiger partial charge is 0.295 e. The standard InChI is InChI=1S/C29H34N2O4/c1-5-6-9-14-31-26(22-16-30-23-11-8-7-10-21(22)23)25(28(33)29(31)34)27(32)20-12-13-24(19(4)15-20)35-17-18(2)3/h7-8,10-13,15-16,18,26,30,32H,5-6,9,14,17H2,1-4H3/b27-25+. The maximum absolute atomic E-state index is 13.3.